The molecule has 2 atom stereocenters. The van der Waals surface area contributed by atoms with Gasteiger partial charge in [0.1, 0.15) is 0 Å². The Hall–Kier alpha value is -1.61. The van der Waals surface area contributed by atoms with Gasteiger partial charge in [-0.1, -0.05) is 24.3 Å². The monoisotopic (exact) mass is 269 g/mol. The molecule has 0 fully saturated rings. The van der Waals surface area contributed by atoms with E-state index in [0.717, 1.165) is 18.5 Å². The Labute approximate surface area is 120 Å². The van der Waals surface area contributed by atoms with Crippen LogP contribution in [-0.4, -0.2) is 9.78 Å². The zero-order chi connectivity index (χ0) is 14.3. The summed E-state index contributed by atoms with van der Waals surface area (Å²) in [6.07, 6.45) is 3.39. The molecule has 20 heavy (non-hydrogen) atoms. The first kappa shape index (κ1) is 13.4. The van der Waals surface area contributed by atoms with Gasteiger partial charge in [0.2, 0.25) is 0 Å². The summed E-state index contributed by atoms with van der Waals surface area (Å²) in [6.45, 7) is 6.37. The van der Waals surface area contributed by atoms with Crippen molar-refractivity contribution >= 4 is 0 Å². The molecule has 1 aliphatic rings. The number of hydrogen-bond donors (Lipinski definition) is 1. The summed E-state index contributed by atoms with van der Waals surface area (Å²) in [4.78, 5) is 0. The molecule has 0 amide bonds. The van der Waals surface area contributed by atoms with Gasteiger partial charge in [-0.2, -0.15) is 5.10 Å². The topological polar surface area (TPSA) is 43.8 Å². The zero-order valence-corrected chi connectivity index (χ0v) is 12.6. The van der Waals surface area contributed by atoms with Crippen LogP contribution in [-0.2, 0) is 6.42 Å². The summed E-state index contributed by atoms with van der Waals surface area (Å²) >= 11 is 0. The van der Waals surface area contributed by atoms with Crippen LogP contribution >= 0.6 is 0 Å². The van der Waals surface area contributed by atoms with Crippen LogP contribution in [0.5, 0.6) is 0 Å². The number of aryl methyl sites for hydroxylation is 2. The Morgan fingerprint density at radius 3 is 2.65 bits per heavy atom. The number of aromatic nitrogens is 2. The molecule has 0 saturated carbocycles. The second-order valence-corrected chi connectivity index (χ2v) is 5.92. The molecule has 1 aliphatic carbocycles. The van der Waals surface area contributed by atoms with Gasteiger partial charge in [-0.3, -0.25) is 4.68 Å². The lowest BCUT2D eigenvalue weighted by molar-refractivity contribution is 0.355. The van der Waals surface area contributed by atoms with Gasteiger partial charge < -0.3 is 5.73 Å². The fraction of sp³-hybridized carbons (Fsp3) is 0.471. The van der Waals surface area contributed by atoms with Crippen molar-refractivity contribution in [2.45, 2.75) is 52.1 Å². The van der Waals surface area contributed by atoms with Gasteiger partial charge in [0.05, 0.1) is 17.8 Å². The fourth-order valence-electron chi connectivity index (χ4n) is 3.32. The maximum absolute atomic E-state index is 6.59. The lowest BCUT2D eigenvalue weighted by Gasteiger charge is -2.24. The molecule has 0 aliphatic heterocycles. The van der Waals surface area contributed by atoms with E-state index in [2.05, 4.69) is 49.7 Å². The summed E-state index contributed by atoms with van der Waals surface area (Å²) < 4.78 is 2.16. The maximum atomic E-state index is 6.59. The van der Waals surface area contributed by atoms with Gasteiger partial charge in [-0.15, -0.1) is 0 Å². The summed E-state index contributed by atoms with van der Waals surface area (Å²) in [6, 6.07) is 8.89. The molecular weight excluding hydrogens is 246 g/mol. The molecule has 2 aromatic rings. The van der Waals surface area contributed by atoms with Crippen molar-refractivity contribution in [3.8, 4) is 0 Å². The minimum atomic E-state index is 0.0334. The first-order valence-electron chi connectivity index (χ1n) is 7.45. The zero-order valence-electron chi connectivity index (χ0n) is 12.6. The third kappa shape index (κ3) is 2.06. The number of nitrogens with zero attached hydrogens (tertiary/aromatic N) is 2. The van der Waals surface area contributed by atoms with Gasteiger partial charge in [0.25, 0.3) is 0 Å². The van der Waals surface area contributed by atoms with Crippen LogP contribution in [0.3, 0.4) is 0 Å². The molecular formula is C17H23N3. The van der Waals surface area contributed by atoms with Crippen molar-refractivity contribution in [1.29, 1.82) is 0 Å². The number of rotatable bonds is 1. The highest BCUT2D eigenvalue weighted by atomic mass is 15.3. The number of fused-ring (bicyclic) bond motifs is 1. The van der Waals surface area contributed by atoms with Crippen LogP contribution < -0.4 is 5.73 Å². The summed E-state index contributed by atoms with van der Waals surface area (Å²) in [7, 11) is 0. The van der Waals surface area contributed by atoms with Crippen molar-refractivity contribution in [3.05, 3.63) is 52.3 Å². The smallest absolute Gasteiger partial charge is 0.0715 e. The SMILES string of the molecule is Cc1nn(C2CCCc3ccccc3C2N)c(C)c1C. The molecule has 1 aromatic carbocycles. The predicted octanol–water partition coefficient (Wildman–Crippen LogP) is 3.39. The first-order valence-corrected chi connectivity index (χ1v) is 7.45. The fourth-order valence-corrected chi connectivity index (χ4v) is 3.32. The Morgan fingerprint density at radius 1 is 1.20 bits per heavy atom. The van der Waals surface area contributed by atoms with E-state index in [4.69, 9.17) is 10.8 Å². The quantitative estimate of drug-likeness (QED) is 0.806. The Kier molecular flexibility index (Phi) is 3.38. The molecule has 2 N–H and O–H groups in total. The van der Waals surface area contributed by atoms with Gasteiger partial charge in [-0.05, 0) is 56.7 Å². The maximum Gasteiger partial charge on any atom is 0.0715 e. The van der Waals surface area contributed by atoms with E-state index in [9.17, 15) is 0 Å². The van der Waals surface area contributed by atoms with E-state index in [1.54, 1.807) is 0 Å². The van der Waals surface area contributed by atoms with E-state index >= 15 is 0 Å². The summed E-state index contributed by atoms with van der Waals surface area (Å²) in [5, 5.41) is 4.74. The Bertz CT molecular complexity index is 627. The highest BCUT2D eigenvalue weighted by Gasteiger charge is 2.28. The molecule has 1 aromatic heterocycles. The lowest BCUT2D eigenvalue weighted by Crippen LogP contribution is -2.26. The highest BCUT2D eigenvalue weighted by molar-refractivity contribution is 5.32. The second-order valence-electron chi connectivity index (χ2n) is 5.92. The van der Waals surface area contributed by atoms with Crippen LogP contribution in [0.25, 0.3) is 0 Å². The Balaban J connectivity index is 2.04. The van der Waals surface area contributed by atoms with E-state index in [1.165, 1.54) is 28.8 Å². The molecule has 2 unspecified atom stereocenters. The van der Waals surface area contributed by atoms with Gasteiger partial charge in [0, 0.05) is 5.69 Å². The minimum Gasteiger partial charge on any atom is -0.322 e. The van der Waals surface area contributed by atoms with Crippen molar-refractivity contribution in [2.24, 2.45) is 5.73 Å². The van der Waals surface area contributed by atoms with Crippen molar-refractivity contribution in [3.63, 3.8) is 0 Å². The summed E-state index contributed by atoms with van der Waals surface area (Å²) in [5.41, 5.74) is 12.9. The second kappa shape index (κ2) is 5.06. The van der Waals surface area contributed by atoms with Gasteiger partial charge >= 0.3 is 0 Å². The van der Waals surface area contributed by atoms with Crippen LogP contribution in [0.15, 0.2) is 24.3 Å². The van der Waals surface area contributed by atoms with Crippen LogP contribution in [0, 0.1) is 20.8 Å². The molecule has 3 heteroatoms. The largest absolute Gasteiger partial charge is 0.322 e. The lowest BCUT2D eigenvalue weighted by atomic mass is 9.97. The van der Waals surface area contributed by atoms with E-state index < -0.39 is 0 Å². The van der Waals surface area contributed by atoms with Crippen molar-refractivity contribution < 1.29 is 0 Å². The number of benzene rings is 1. The van der Waals surface area contributed by atoms with Crippen LogP contribution in [0.4, 0.5) is 0 Å². The average Bonchev–Trinajstić information content (AvgIpc) is 2.63. The predicted molar refractivity (Wildman–Crippen MR) is 81.8 cm³/mol. The molecule has 0 spiro atoms. The molecule has 0 saturated heterocycles. The highest BCUT2D eigenvalue weighted by Crippen LogP contribution is 2.35. The van der Waals surface area contributed by atoms with Crippen LogP contribution in [0.2, 0.25) is 0 Å². The van der Waals surface area contributed by atoms with Crippen molar-refractivity contribution in [2.75, 3.05) is 0 Å². The number of nitrogens with two attached hydrogens (primary N) is 1. The summed E-state index contributed by atoms with van der Waals surface area (Å²) in [5.74, 6) is 0. The van der Waals surface area contributed by atoms with Gasteiger partial charge in [-0.25, -0.2) is 0 Å². The standard InChI is InChI=1S/C17H23N3/c1-11-12(2)19-20(13(11)3)16-10-6-8-14-7-4-5-9-15(14)17(16)18/h4-5,7,9,16-17H,6,8,10,18H2,1-3H3. The average molecular weight is 269 g/mol. The normalized spacial score (nSPS) is 22.4. The minimum absolute atomic E-state index is 0.0334. The molecule has 3 nitrogen and oxygen atoms in total. The molecule has 0 bridgehead atoms. The van der Waals surface area contributed by atoms with E-state index in [-0.39, 0.29) is 12.1 Å². The van der Waals surface area contributed by atoms with Gasteiger partial charge in [0.15, 0.2) is 0 Å². The Morgan fingerprint density at radius 2 is 1.95 bits per heavy atom. The van der Waals surface area contributed by atoms with E-state index in [1.807, 2.05) is 0 Å². The third-order valence-electron chi connectivity index (χ3n) is 4.78. The molecule has 1 heterocycles. The molecule has 3 rings (SSSR count). The molecule has 106 valence electrons. The number of hydrogen-bond acceptors (Lipinski definition) is 2. The van der Waals surface area contributed by atoms with Crippen LogP contribution in [0.1, 0.15) is 53.0 Å². The first-order chi connectivity index (χ1) is 9.59. The van der Waals surface area contributed by atoms with Crippen molar-refractivity contribution in [1.82, 2.24) is 9.78 Å². The molecule has 0 radical (unpaired) electrons. The van der Waals surface area contributed by atoms with E-state index in [0.29, 0.717) is 0 Å². The third-order valence-corrected chi connectivity index (χ3v) is 4.78.